The summed E-state index contributed by atoms with van der Waals surface area (Å²) in [5.41, 5.74) is 6.53. The van der Waals surface area contributed by atoms with Gasteiger partial charge in [-0.05, 0) is 32.9 Å². The maximum atomic E-state index is 8.66. The standard InChI is InChI=1S/C6H8BrNOS/c7-6-1-4(3-10-6)5(8)2-9/h1,3,5,9H,2,8H2/t5-/m0/s1. The Bertz CT molecular complexity index is 213. The minimum atomic E-state index is -0.234. The molecule has 1 aromatic rings. The maximum absolute atomic E-state index is 8.66. The number of aliphatic hydroxyl groups is 1. The molecule has 0 bridgehead atoms. The van der Waals surface area contributed by atoms with Gasteiger partial charge in [0.2, 0.25) is 0 Å². The normalized spacial score (nSPS) is 13.5. The number of hydrogen-bond donors (Lipinski definition) is 2. The molecular weight excluding hydrogens is 214 g/mol. The lowest BCUT2D eigenvalue weighted by molar-refractivity contribution is 0.268. The Labute approximate surface area is 71.8 Å². The van der Waals surface area contributed by atoms with E-state index < -0.39 is 0 Å². The lowest BCUT2D eigenvalue weighted by Gasteiger charge is -2.02. The van der Waals surface area contributed by atoms with Gasteiger partial charge in [0.1, 0.15) is 0 Å². The van der Waals surface area contributed by atoms with E-state index in [0.717, 1.165) is 9.35 Å². The smallest absolute Gasteiger partial charge is 0.0701 e. The van der Waals surface area contributed by atoms with E-state index in [9.17, 15) is 0 Å². The van der Waals surface area contributed by atoms with Gasteiger partial charge in [-0.2, -0.15) is 0 Å². The first-order valence-corrected chi connectivity index (χ1v) is 4.51. The first-order chi connectivity index (χ1) is 4.74. The van der Waals surface area contributed by atoms with Crippen LogP contribution in [-0.4, -0.2) is 11.7 Å². The predicted octanol–water partition coefficient (Wildman–Crippen LogP) is 1.50. The lowest BCUT2D eigenvalue weighted by atomic mass is 10.2. The molecule has 2 nitrogen and oxygen atoms in total. The molecule has 0 fully saturated rings. The first-order valence-electron chi connectivity index (χ1n) is 2.84. The number of thiophene rings is 1. The van der Waals surface area contributed by atoms with Crippen molar-refractivity contribution < 1.29 is 5.11 Å². The van der Waals surface area contributed by atoms with Crippen molar-refractivity contribution in [3.63, 3.8) is 0 Å². The Morgan fingerprint density at radius 2 is 2.50 bits per heavy atom. The molecule has 0 saturated heterocycles. The average Bonchev–Trinajstić information content (AvgIpc) is 2.34. The van der Waals surface area contributed by atoms with Crippen molar-refractivity contribution in [3.05, 3.63) is 20.8 Å². The van der Waals surface area contributed by atoms with Crippen LogP contribution in [0.25, 0.3) is 0 Å². The van der Waals surface area contributed by atoms with E-state index in [4.69, 9.17) is 10.8 Å². The van der Waals surface area contributed by atoms with Crippen molar-refractivity contribution in [2.45, 2.75) is 6.04 Å². The molecule has 56 valence electrons. The van der Waals surface area contributed by atoms with Crippen LogP contribution >= 0.6 is 27.3 Å². The molecule has 10 heavy (non-hydrogen) atoms. The Morgan fingerprint density at radius 3 is 2.90 bits per heavy atom. The van der Waals surface area contributed by atoms with Crippen molar-refractivity contribution >= 4 is 27.3 Å². The van der Waals surface area contributed by atoms with E-state index >= 15 is 0 Å². The van der Waals surface area contributed by atoms with Crippen molar-refractivity contribution in [3.8, 4) is 0 Å². The fraction of sp³-hybridized carbons (Fsp3) is 0.333. The van der Waals surface area contributed by atoms with Crippen LogP contribution < -0.4 is 5.73 Å². The number of hydrogen-bond acceptors (Lipinski definition) is 3. The molecule has 1 atom stereocenters. The largest absolute Gasteiger partial charge is 0.394 e. The molecule has 0 aliphatic carbocycles. The molecule has 1 aromatic heterocycles. The van der Waals surface area contributed by atoms with Crippen LogP contribution in [0.15, 0.2) is 15.2 Å². The van der Waals surface area contributed by atoms with E-state index in [1.807, 2.05) is 11.4 Å². The van der Waals surface area contributed by atoms with Crippen LogP contribution in [0.3, 0.4) is 0 Å². The summed E-state index contributed by atoms with van der Waals surface area (Å²) in [7, 11) is 0. The number of aliphatic hydroxyl groups excluding tert-OH is 1. The minimum Gasteiger partial charge on any atom is -0.394 e. The molecule has 0 unspecified atom stereocenters. The van der Waals surface area contributed by atoms with Crippen LogP contribution in [0.5, 0.6) is 0 Å². The zero-order chi connectivity index (χ0) is 7.56. The summed E-state index contributed by atoms with van der Waals surface area (Å²) >= 11 is 4.88. The zero-order valence-electron chi connectivity index (χ0n) is 5.25. The summed E-state index contributed by atoms with van der Waals surface area (Å²) in [6.45, 7) is 0.00315. The molecular formula is C6H8BrNOS. The molecule has 1 rings (SSSR count). The highest BCUT2D eigenvalue weighted by Crippen LogP contribution is 2.23. The van der Waals surface area contributed by atoms with E-state index in [0.29, 0.717) is 0 Å². The van der Waals surface area contributed by atoms with Crippen LogP contribution in [0.1, 0.15) is 11.6 Å². The van der Waals surface area contributed by atoms with Gasteiger partial charge in [-0.1, -0.05) is 0 Å². The topological polar surface area (TPSA) is 46.2 Å². The second-order valence-electron chi connectivity index (χ2n) is 1.97. The molecule has 1 heterocycles. The van der Waals surface area contributed by atoms with Crippen LogP contribution in [0.2, 0.25) is 0 Å². The monoisotopic (exact) mass is 221 g/mol. The lowest BCUT2D eigenvalue weighted by Crippen LogP contribution is -2.13. The Hall–Kier alpha value is 0.100. The first kappa shape index (κ1) is 8.20. The number of nitrogens with two attached hydrogens (primary N) is 1. The summed E-state index contributed by atoms with van der Waals surface area (Å²) in [4.78, 5) is 0. The van der Waals surface area contributed by atoms with E-state index in [1.54, 1.807) is 11.3 Å². The number of halogens is 1. The highest BCUT2D eigenvalue weighted by Gasteiger charge is 2.04. The van der Waals surface area contributed by atoms with Gasteiger partial charge in [0.05, 0.1) is 16.4 Å². The second kappa shape index (κ2) is 3.48. The average molecular weight is 222 g/mol. The van der Waals surface area contributed by atoms with Crippen LogP contribution in [0.4, 0.5) is 0 Å². The van der Waals surface area contributed by atoms with Crippen LogP contribution in [-0.2, 0) is 0 Å². The third kappa shape index (κ3) is 1.79. The molecule has 0 radical (unpaired) electrons. The second-order valence-corrected chi connectivity index (χ2v) is 4.26. The van der Waals surface area contributed by atoms with E-state index in [1.165, 1.54) is 0 Å². The molecule has 0 saturated carbocycles. The molecule has 0 amide bonds. The van der Waals surface area contributed by atoms with Gasteiger partial charge in [-0.3, -0.25) is 0 Å². The summed E-state index contributed by atoms with van der Waals surface area (Å²) in [5.74, 6) is 0. The van der Waals surface area contributed by atoms with Gasteiger partial charge in [0.25, 0.3) is 0 Å². The van der Waals surface area contributed by atoms with Gasteiger partial charge in [-0.15, -0.1) is 11.3 Å². The van der Waals surface area contributed by atoms with E-state index in [2.05, 4.69) is 15.9 Å². The Kier molecular flexibility index (Phi) is 2.85. The maximum Gasteiger partial charge on any atom is 0.0701 e. The molecule has 4 heteroatoms. The van der Waals surface area contributed by atoms with Gasteiger partial charge < -0.3 is 10.8 Å². The summed E-state index contributed by atoms with van der Waals surface area (Å²) in [6.07, 6.45) is 0. The third-order valence-electron chi connectivity index (χ3n) is 1.21. The van der Waals surface area contributed by atoms with Gasteiger partial charge in [0.15, 0.2) is 0 Å². The van der Waals surface area contributed by atoms with Crippen molar-refractivity contribution in [1.82, 2.24) is 0 Å². The predicted molar refractivity (Wildman–Crippen MR) is 46.0 cm³/mol. The Morgan fingerprint density at radius 1 is 1.80 bits per heavy atom. The minimum absolute atomic E-state index is 0.00315. The third-order valence-corrected chi connectivity index (χ3v) is 2.74. The highest BCUT2D eigenvalue weighted by atomic mass is 79.9. The fourth-order valence-electron chi connectivity index (χ4n) is 0.623. The Balaban J connectivity index is 2.74. The molecule has 0 spiro atoms. The SMILES string of the molecule is N[C@@H](CO)c1csc(Br)c1. The highest BCUT2D eigenvalue weighted by molar-refractivity contribution is 9.11. The van der Waals surface area contributed by atoms with Gasteiger partial charge in [0, 0.05) is 0 Å². The molecule has 0 aliphatic heterocycles. The quantitative estimate of drug-likeness (QED) is 0.796. The van der Waals surface area contributed by atoms with Gasteiger partial charge in [-0.25, -0.2) is 0 Å². The van der Waals surface area contributed by atoms with Crippen molar-refractivity contribution in [2.24, 2.45) is 5.73 Å². The summed E-state index contributed by atoms with van der Waals surface area (Å²) in [6, 6.07) is 1.69. The molecule has 3 N–H and O–H groups in total. The molecule has 0 aromatic carbocycles. The fourth-order valence-corrected chi connectivity index (χ4v) is 1.86. The zero-order valence-corrected chi connectivity index (χ0v) is 7.65. The van der Waals surface area contributed by atoms with Crippen molar-refractivity contribution in [2.75, 3.05) is 6.61 Å². The summed E-state index contributed by atoms with van der Waals surface area (Å²) in [5, 5.41) is 10.6. The molecule has 0 aliphatic rings. The van der Waals surface area contributed by atoms with Gasteiger partial charge >= 0.3 is 0 Å². The van der Waals surface area contributed by atoms with Crippen molar-refractivity contribution in [1.29, 1.82) is 0 Å². The number of rotatable bonds is 2. The van der Waals surface area contributed by atoms with E-state index in [-0.39, 0.29) is 12.6 Å². The van der Waals surface area contributed by atoms with Crippen LogP contribution in [0, 0.1) is 0 Å². The summed E-state index contributed by atoms with van der Waals surface area (Å²) < 4.78 is 1.05.